The van der Waals surface area contributed by atoms with Crippen LogP contribution in [-0.4, -0.2) is 59.5 Å². The number of esters is 1. The fraction of sp³-hybridized carbons (Fsp3) is 0.273. The van der Waals surface area contributed by atoms with Gasteiger partial charge in [0.15, 0.2) is 12.3 Å². The normalized spacial score (nSPS) is 14.1. The molecule has 4 rings (SSSR count). The maximum absolute atomic E-state index is 12.5. The Kier molecular flexibility index (Phi) is 5.81. The zero-order chi connectivity index (χ0) is 21.1. The van der Waals surface area contributed by atoms with Crippen molar-refractivity contribution in [2.24, 2.45) is 0 Å². The summed E-state index contributed by atoms with van der Waals surface area (Å²) in [6.07, 6.45) is 1.36. The number of amides is 1. The van der Waals surface area contributed by atoms with Crippen molar-refractivity contribution in [1.82, 2.24) is 14.9 Å². The fourth-order valence-electron chi connectivity index (χ4n) is 3.47. The zero-order valence-electron chi connectivity index (χ0n) is 16.5. The van der Waals surface area contributed by atoms with Crippen LogP contribution in [-0.2, 0) is 9.53 Å². The van der Waals surface area contributed by atoms with Crippen molar-refractivity contribution >= 4 is 40.2 Å². The molecule has 0 radical (unpaired) electrons. The van der Waals surface area contributed by atoms with Gasteiger partial charge in [-0.05, 0) is 36.8 Å². The minimum Gasteiger partial charge on any atom is -0.451 e. The first-order valence-corrected chi connectivity index (χ1v) is 10.1. The molecule has 0 N–H and O–H groups in total. The van der Waals surface area contributed by atoms with Crippen molar-refractivity contribution in [3.63, 3.8) is 0 Å². The van der Waals surface area contributed by atoms with Gasteiger partial charge in [0.25, 0.3) is 5.91 Å². The number of ether oxygens (including phenoxy) is 1. The number of hydrogen-bond acceptors (Lipinski definition) is 6. The lowest BCUT2D eigenvalue weighted by Crippen LogP contribution is -2.50. The third kappa shape index (κ3) is 4.36. The standard InChI is InChI=1S/C22H21ClN4O3/c1-15-6-7-16(23)12-20(15)26-8-10-27(11-9-26)21(28)14-30-22(29)19-13-24-17-4-2-3-5-18(17)25-19/h2-7,12-13H,8-11,14H2,1H3. The highest BCUT2D eigenvalue weighted by molar-refractivity contribution is 6.30. The first kappa shape index (κ1) is 20.1. The van der Waals surface area contributed by atoms with Crippen molar-refractivity contribution in [3.8, 4) is 0 Å². The predicted molar refractivity (Wildman–Crippen MR) is 115 cm³/mol. The van der Waals surface area contributed by atoms with Gasteiger partial charge in [-0.3, -0.25) is 9.78 Å². The van der Waals surface area contributed by atoms with Gasteiger partial charge < -0.3 is 14.5 Å². The van der Waals surface area contributed by atoms with Crippen molar-refractivity contribution in [2.75, 3.05) is 37.7 Å². The van der Waals surface area contributed by atoms with Crippen LogP contribution < -0.4 is 4.90 Å². The molecule has 1 fully saturated rings. The third-order valence-corrected chi connectivity index (χ3v) is 5.36. The highest BCUT2D eigenvalue weighted by atomic mass is 35.5. The monoisotopic (exact) mass is 424 g/mol. The lowest BCUT2D eigenvalue weighted by Gasteiger charge is -2.36. The van der Waals surface area contributed by atoms with Crippen LogP contribution in [0, 0.1) is 6.92 Å². The van der Waals surface area contributed by atoms with Crippen LogP contribution in [0.4, 0.5) is 5.69 Å². The first-order chi connectivity index (χ1) is 14.5. The van der Waals surface area contributed by atoms with E-state index in [2.05, 4.69) is 14.9 Å². The van der Waals surface area contributed by atoms with Gasteiger partial charge in [0, 0.05) is 36.9 Å². The molecule has 1 aromatic heterocycles. The first-order valence-electron chi connectivity index (χ1n) is 9.69. The van der Waals surface area contributed by atoms with E-state index in [1.54, 1.807) is 11.0 Å². The maximum Gasteiger partial charge on any atom is 0.359 e. The van der Waals surface area contributed by atoms with Crippen LogP contribution in [0.15, 0.2) is 48.7 Å². The Morgan fingerprint density at radius 1 is 1.07 bits per heavy atom. The number of carbonyl (C=O) groups is 2. The van der Waals surface area contributed by atoms with Crippen molar-refractivity contribution < 1.29 is 14.3 Å². The van der Waals surface area contributed by atoms with Crippen molar-refractivity contribution in [3.05, 3.63) is 64.9 Å². The number of hydrogen-bond donors (Lipinski definition) is 0. The smallest absolute Gasteiger partial charge is 0.359 e. The minimum atomic E-state index is -0.658. The van der Waals surface area contributed by atoms with Crippen molar-refractivity contribution in [1.29, 1.82) is 0 Å². The summed E-state index contributed by atoms with van der Waals surface area (Å²) in [6.45, 7) is 4.21. The van der Waals surface area contributed by atoms with Gasteiger partial charge in [0.2, 0.25) is 0 Å². The quantitative estimate of drug-likeness (QED) is 0.599. The highest BCUT2D eigenvalue weighted by Gasteiger charge is 2.23. The van der Waals surface area contributed by atoms with E-state index >= 15 is 0 Å². The number of aromatic nitrogens is 2. The van der Waals surface area contributed by atoms with Gasteiger partial charge in [-0.2, -0.15) is 0 Å². The SMILES string of the molecule is Cc1ccc(Cl)cc1N1CCN(C(=O)COC(=O)c2cnc3ccccc3n2)CC1. The lowest BCUT2D eigenvalue weighted by atomic mass is 10.1. The third-order valence-electron chi connectivity index (χ3n) is 5.13. The molecule has 0 spiro atoms. The van der Waals surface area contributed by atoms with E-state index in [9.17, 15) is 9.59 Å². The number of benzene rings is 2. The number of rotatable bonds is 4. The van der Waals surface area contributed by atoms with Crippen LogP contribution in [0.25, 0.3) is 11.0 Å². The molecule has 0 unspecified atom stereocenters. The molecule has 1 aliphatic rings. The molecule has 1 saturated heterocycles. The molecule has 7 nitrogen and oxygen atoms in total. The summed E-state index contributed by atoms with van der Waals surface area (Å²) in [6, 6.07) is 13.1. The number of nitrogens with zero attached hydrogens (tertiary/aromatic N) is 4. The van der Waals surface area contributed by atoms with Crippen LogP contribution in [0.3, 0.4) is 0 Å². The molecule has 154 valence electrons. The van der Waals surface area contributed by atoms with Gasteiger partial charge in [0.05, 0.1) is 17.2 Å². The summed E-state index contributed by atoms with van der Waals surface area (Å²) in [5, 5.41) is 0.692. The second kappa shape index (κ2) is 8.67. The van der Waals surface area contributed by atoms with E-state index in [1.165, 1.54) is 6.20 Å². The highest BCUT2D eigenvalue weighted by Crippen LogP contribution is 2.25. The number of anilines is 1. The van der Waals surface area contributed by atoms with Gasteiger partial charge in [0.1, 0.15) is 0 Å². The van der Waals surface area contributed by atoms with Crippen molar-refractivity contribution in [2.45, 2.75) is 6.92 Å². The molecule has 2 aromatic carbocycles. The average Bonchev–Trinajstić information content (AvgIpc) is 2.78. The summed E-state index contributed by atoms with van der Waals surface area (Å²) in [7, 11) is 0. The molecular formula is C22H21ClN4O3. The second-order valence-corrected chi connectivity index (χ2v) is 7.56. The summed E-state index contributed by atoms with van der Waals surface area (Å²) in [4.78, 5) is 37.1. The van der Waals surface area contributed by atoms with E-state index in [4.69, 9.17) is 16.3 Å². The Hall–Kier alpha value is -3.19. The van der Waals surface area contributed by atoms with E-state index in [1.807, 2.05) is 43.3 Å². The molecule has 0 atom stereocenters. The number of fused-ring (bicyclic) bond motifs is 1. The molecule has 1 aliphatic heterocycles. The molecule has 1 amide bonds. The van der Waals surface area contributed by atoms with E-state index in [0.29, 0.717) is 42.2 Å². The molecule has 0 aliphatic carbocycles. The number of halogens is 1. The molecule has 0 saturated carbocycles. The largest absolute Gasteiger partial charge is 0.451 e. The Balaban J connectivity index is 1.31. The second-order valence-electron chi connectivity index (χ2n) is 7.12. The number of para-hydroxylation sites is 2. The van der Waals surface area contributed by atoms with Gasteiger partial charge in [-0.1, -0.05) is 29.8 Å². The number of aryl methyl sites for hydroxylation is 1. The Labute approximate surface area is 179 Å². The molecular weight excluding hydrogens is 404 g/mol. The summed E-state index contributed by atoms with van der Waals surface area (Å²) in [5.74, 6) is -0.880. The van der Waals surface area contributed by atoms with Crippen LogP contribution in [0.2, 0.25) is 5.02 Å². The van der Waals surface area contributed by atoms with Gasteiger partial charge in [-0.25, -0.2) is 9.78 Å². The molecule has 8 heteroatoms. The van der Waals surface area contributed by atoms with Crippen LogP contribution in [0.1, 0.15) is 16.1 Å². The molecule has 30 heavy (non-hydrogen) atoms. The van der Waals surface area contributed by atoms with E-state index in [-0.39, 0.29) is 18.2 Å². The molecule has 3 aromatic rings. The molecule has 2 heterocycles. The average molecular weight is 425 g/mol. The van der Waals surface area contributed by atoms with E-state index < -0.39 is 5.97 Å². The number of carbonyl (C=O) groups excluding carboxylic acids is 2. The molecule has 0 bridgehead atoms. The Bertz CT molecular complexity index is 1100. The summed E-state index contributed by atoms with van der Waals surface area (Å²) >= 11 is 6.12. The summed E-state index contributed by atoms with van der Waals surface area (Å²) < 4.78 is 5.17. The fourth-order valence-corrected chi connectivity index (χ4v) is 3.63. The van der Waals surface area contributed by atoms with E-state index in [0.717, 1.165) is 11.3 Å². The van der Waals surface area contributed by atoms with Gasteiger partial charge in [-0.15, -0.1) is 0 Å². The Morgan fingerprint density at radius 2 is 1.80 bits per heavy atom. The summed E-state index contributed by atoms with van der Waals surface area (Å²) in [5.41, 5.74) is 3.60. The number of piperazine rings is 1. The van der Waals surface area contributed by atoms with Crippen LogP contribution in [0.5, 0.6) is 0 Å². The minimum absolute atomic E-state index is 0.0859. The lowest BCUT2D eigenvalue weighted by molar-refractivity contribution is -0.134. The van der Waals surface area contributed by atoms with Gasteiger partial charge >= 0.3 is 5.97 Å². The topological polar surface area (TPSA) is 75.6 Å². The maximum atomic E-state index is 12.5. The predicted octanol–water partition coefficient (Wildman–Crippen LogP) is 3.10. The Morgan fingerprint density at radius 3 is 2.57 bits per heavy atom. The van der Waals surface area contributed by atoms with Crippen LogP contribution >= 0.6 is 11.6 Å². The zero-order valence-corrected chi connectivity index (χ0v) is 17.3.